The van der Waals surface area contributed by atoms with Crippen molar-refractivity contribution in [2.24, 2.45) is 5.73 Å². The molecule has 0 spiro atoms. The van der Waals surface area contributed by atoms with Crippen molar-refractivity contribution in [3.8, 4) is 5.69 Å². The number of nitrogens with two attached hydrogens (primary N) is 1. The van der Waals surface area contributed by atoms with Crippen LogP contribution in [0.2, 0.25) is 0 Å². The summed E-state index contributed by atoms with van der Waals surface area (Å²) >= 11 is 0. The lowest BCUT2D eigenvalue weighted by Gasteiger charge is -2.38. The van der Waals surface area contributed by atoms with Gasteiger partial charge in [0.2, 0.25) is 0 Å². The minimum Gasteiger partial charge on any atom is -0.334 e. The van der Waals surface area contributed by atoms with Crippen molar-refractivity contribution >= 4 is 18.3 Å². The molecule has 1 saturated heterocycles. The third-order valence-electron chi connectivity index (χ3n) is 4.12. The molecule has 23 heavy (non-hydrogen) atoms. The fraction of sp³-hybridized carbons (Fsp3) is 0.467. The highest BCUT2D eigenvalue weighted by atomic mass is 35.5. The summed E-state index contributed by atoms with van der Waals surface area (Å²) in [6.07, 6.45) is 4.63. The first-order chi connectivity index (χ1) is 10.7. The van der Waals surface area contributed by atoms with Gasteiger partial charge in [-0.3, -0.25) is 4.79 Å². The topological polar surface area (TPSA) is 89.9 Å². The fourth-order valence-corrected chi connectivity index (χ4v) is 2.98. The number of nitrogens with zero attached hydrogens (tertiary/aromatic N) is 5. The first-order valence-electron chi connectivity index (χ1n) is 7.57. The average molecular weight is 337 g/mol. The molecule has 1 aliphatic heterocycles. The van der Waals surface area contributed by atoms with E-state index in [2.05, 4.69) is 15.5 Å². The molecule has 7 nitrogen and oxygen atoms in total. The number of hydrogen-bond donors (Lipinski definition) is 1. The molecule has 0 radical (unpaired) electrons. The maximum atomic E-state index is 12.8. The molecule has 2 heterocycles. The largest absolute Gasteiger partial charge is 0.334 e. The molecule has 2 N–H and O–H groups in total. The van der Waals surface area contributed by atoms with Crippen molar-refractivity contribution in [3.63, 3.8) is 0 Å². The SMILES string of the molecule is CC(N)C1CCCCN1C(=O)c1cccc(-n2cnnn2)c1.Cl. The standard InChI is InChI=1S/C15H20N6O.ClH/c1-11(16)14-7-2-3-8-20(14)15(22)12-5-4-6-13(9-12)21-10-17-18-19-21;/h4-6,9-11,14H,2-3,7-8,16H2,1H3;1H. The van der Waals surface area contributed by atoms with Gasteiger partial charge in [0.05, 0.1) is 5.69 Å². The van der Waals surface area contributed by atoms with Crippen molar-refractivity contribution in [1.82, 2.24) is 25.1 Å². The number of halogens is 1. The van der Waals surface area contributed by atoms with Gasteiger partial charge in [-0.2, -0.15) is 0 Å². The number of benzene rings is 1. The summed E-state index contributed by atoms with van der Waals surface area (Å²) in [7, 11) is 0. The molecule has 8 heteroatoms. The van der Waals surface area contributed by atoms with E-state index in [9.17, 15) is 4.79 Å². The monoisotopic (exact) mass is 336 g/mol. The Hall–Kier alpha value is -1.99. The van der Waals surface area contributed by atoms with E-state index in [1.807, 2.05) is 36.1 Å². The van der Waals surface area contributed by atoms with Gasteiger partial charge < -0.3 is 10.6 Å². The predicted molar refractivity (Wildman–Crippen MR) is 88.7 cm³/mol. The van der Waals surface area contributed by atoms with E-state index < -0.39 is 0 Å². The molecule has 1 amide bonds. The highest BCUT2D eigenvalue weighted by Gasteiger charge is 2.29. The van der Waals surface area contributed by atoms with E-state index in [0.29, 0.717) is 5.56 Å². The molecule has 2 aromatic rings. The Morgan fingerprint density at radius 1 is 1.39 bits per heavy atom. The van der Waals surface area contributed by atoms with Crippen molar-refractivity contribution in [2.75, 3.05) is 6.54 Å². The molecule has 0 bridgehead atoms. The van der Waals surface area contributed by atoms with Gasteiger partial charge in [-0.25, -0.2) is 4.68 Å². The first kappa shape index (κ1) is 17.4. The molecular weight excluding hydrogens is 316 g/mol. The van der Waals surface area contributed by atoms with Crippen LogP contribution in [0.1, 0.15) is 36.5 Å². The van der Waals surface area contributed by atoms with Crippen LogP contribution in [0.5, 0.6) is 0 Å². The Labute approximate surface area is 141 Å². The Balaban J connectivity index is 0.00000192. The molecule has 2 atom stereocenters. The Kier molecular flexibility index (Phi) is 5.68. The lowest BCUT2D eigenvalue weighted by Crippen LogP contribution is -2.51. The van der Waals surface area contributed by atoms with Gasteiger partial charge in [-0.1, -0.05) is 6.07 Å². The van der Waals surface area contributed by atoms with Crippen LogP contribution in [-0.4, -0.2) is 49.6 Å². The van der Waals surface area contributed by atoms with Crippen LogP contribution in [0, 0.1) is 0 Å². The van der Waals surface area contributed by atoms with E-state index in [1.165, 1.54) is 11.0 Å². The zero-order valence-electron chi connectivity index (χ0n) is 13.0. The van der Waals surface area contributed by atoms with Gasteiger partial charge >= 0.3 is 0 Å². The molecule has 0 saturated carbocycles. The molecule has 1 aromatic heterocycles. The number of aromatic nitrogens is 4. The first-order valence-corrected chi connectivity index (χ1v) is 7.57. The number of piperidine rings is 1. The van der Waals surface area contributed by atoms with Crippen LogP contribution in [0.15, 0.2) is 30.6 Å². The van der Waals surface area contributed by atoms with Crippen LogP contribution in [0.25, 0.3) is 5.69 Å². The second kappa shape index (κ2) is 7.52. The van der Waals surface area contributed by atoms with Crippen molar-refractivity contribution < 1.29 is 4.79 Å². The van der Waals surface area contributed by atoms with Crippen LogP contribution in [0.4, 0.5) is 0 Å². The summed E-state index contributed by atoms with van der Waals surface area (Å²) in [5.74, 6) is 0.0249. The Morgan fingerprint density at radius 2 is 2.22 bits per heavy atom. The van der Waals surface area contributed by atoms with Crippen molar-refractivity contribution in [2.45, 2.75) is 38.3 Å². The number of tetrazole rings is 1. The van der Waals surface area contributed by atoms with Crippen LogP contribution in [-0.2, 0) is 0 Å². The number of likely N-dealkylation sites (tertiary alicyclic amines) is 1. The minimum absolute atomic E-state index is 0. The summed E-state index contributed by atoms with van der Waals surface area (Å²) in [6.45, 7) is 2.73. The molecule has 1 aromatic carbocycles. The maximum absolute atomic E-state index is 12.8. The summed E-state index contributed by atoms with van der Waals surface area (Å²) in [6, 6.07) is 7.43. The second-order valence-electron chi connectivity index (χ2n) is 5.73. The molecule has 3 rings (SSSR count). The fourth-order valence-electron chi connectivity index (χ4n) is 2.98. The third-order valence-corrected chi connectivity index (χ3v) is 4.12. The number of carbonyl (C=O) groups excluding carboxylic acids is 1. The molecular formula is C15H21ClN6O. The molecule has 0 aliphatic carbocycles. The summed E-state index contributed by atoms with van der Waals surface area (Å²) in [4.78, 5) is 14.8. The van der Waals surface area contributed by atoms with Gasteiger partial charge in [0.25, 0.3) is 5.91 Å². The zero-order valence-corrected chi connectivity index (χ0v) is 13.8. The summed E-state index contributed by atoms with van der Waals surface area (Å²) in [5, 5.41) is 11.1. The predicted octanol–water partition coefficient (Wildman–Crippen LogP) is 1.43. The lowest BCUT2D eigenvalue weighted by molar-refractivity contribution is 0.0584. The highest BCUT2D eigenvalue weighted by molar-refractivity contribution is 5.95. The lowest BCUT2D eigenvalue weighted by atomic mass is 9.96. The van der Waals surface area contributed by atoms with Gasteiger partial charge in [0, 0.05) is 24.2 Å². The van der Waals surface area contributed by atoms with Gasteiger partial charge in [-0.15, -0.1) is 17.5 Å². The normalized spacial score (nSPS) is 19.0. The number of rotatable bonds is 3. The third kappa shape index (κ3) is 3.68. The molecule has 2 unspecified atom stereocenters. The van der Waals surface area contributed by atoms with Gasteiger partial charge in [0.15, 0.2) is 0 Å². The van der Waals surface area contributed by atoms with Gasteiger partial charge in [0.1, 0.15) is 6.33 Å². The quantitative estimate of drug-likeness (QED) is 0.915. The smallest absolute Gasteiger partial charge is 0.254 e. The minimum atomic E-state index is -0.0213. The maximum Gasteiger partial charge on any atom is 0.254 e. The van der Waals surface area contributed by atoms with Gasteiger partial charge in [-0.05, 0) is 54.8 Å². The van der Waals surface area contributed by atoms with Crippen LogP contribution in [0.3, 0.4) is 0 Å². The second-order valence-corrected chi connectivity index (χ2v) is 5.73. The van der Waals surface area contributed by atoms with Crippen LogP contribution >= 0.6 is 12.4 Å². The number of hydrogen-bond acceptors (Lipinski definition) is 5. The van der Waals surface area contributed by atoms with E-state index in [-0.39, 0.29) is 30.4 Å². The van der Waals surface area contributed by atoms with E-state index >= 15 is 0 Å². The van der Waals surface area contributed by atoms with E-state index in [0.717, 1.165) is 31.5 Å². The summed E-state index contributed by atoms with van der Waals surface area (Å²) in [5.41, 5.74) is 7.46. The number of amides is 1. The molecule has 1 aliphatic rings. The van der Waals surface area contributed by atoms with Crippen molar-refractivity contribution in [3.05, 3.63) is 36.2 Å². The zero-order chi connectivity index (χ0) is 15.5. The van der Waals surface area contributed by atoms with E-state index in [4.69, 9.17) is 5.73 Å². The Bertz CT molecular complexity index is 645. The number of carbonyl (C=O) groups is 1. The highest BCUT2D eigenvalue weighted by Crippen LogP contribution is 2.22. The molecule has 1 fully saturated rings. The van der Waals surface area contributed by atoms with Crippen LogP contribution < -0.4 is 5.73 Å². The summed E-state index contributed by atoms with van der Waals surface area (Å²) < 4.78 is 1.54. The van der Waals surface area contributed by atoms with Crippen molar-refractivity contribution in [1.29, 1.82) is 0 Å². The van der Waals surface area contributed by atoms with E-state index in [1.54, 1.807) is 0 Å². The average Bonchev–Trinajstić information content (AvgIpc) is 3.09. The molecule has 124 valence electrons. The Morgan fingerprint density at radius 3 is 2.91 bits per heavy atom.